The lowest BCUT2D eigenvalue weighted by atomic mass is 9.79. The summed E-state index contributed by atoms with van der Waals surface area (Å²) in [4.78, 5) is 27.6. The number of halogens is 3. The summed E-state index contributed by atoms with van der Waals surface area (Å²) >= 11 is 1.31. The third-order valence-corrected chi connectivity index (χ3v) is 11.3. The first kappa shape index (κ1) is 37.1. The second-order valence-electron chi connectivity index (χ2n) is 12.1. The number of hydrogen-bond donors (Lipinski definition) is 2. The maximum Gasteiger partial charge on any atom is 0.416 e. The number of aliphatic carboxylic acids is 1. The van der Waals surface area contributed by atoms with Gasteiger partial charge in [0.2, 0.25) is 0 Å². The van der Waals surface area contributed by atoms with Crippen LogP contribution >= 0.6 is 11.8 Å². The lowest BCUT2D eigenvalue weighted by Gasteiger charge is -2.37. The monoisotopic (exact) mass is 706 g/mol. The molecular weight excluding hydrogens is 666 g/mol. The summed E-state index contributed by atoms with van der Waals surface area (Å²) in [5, 5.41) is 12.0. The van der Waals surface area contributed by atoms with E-state index < -0.39 is 51.5 Å². The fourth-order valence-electron chi connectivity index (χ4n) is 6.08. The van der Waals surface area contributed by atoms with E-state index in [-0.39, 0.29) is 22.0 Å². The Morgan fingerprint density at radius 1 is 1.02 bits per heavy atom. The molecule has 2 N–H and O–H groups in total. The largest absolute Gasteiger partial charge is 0.483 e. The van der Waals surface area contributed by atoms with Gasteiger partial charge in [-0.05, 0) is 55.0 Å². The van der Waals surface area contributed by atoms with E-state index in [1.54, 1.807) is 12.3 Å². The maximum absolute atomic E-state index is 14.3. The van der Waals surface area contributed by atoms with E-state index >= 15 is 0 Å². The number of hydrogen-bond acceptors (Lipinski definition) is 7. The molecule has 0 spiro atoms. The molecule has 1 atom stereocenters. The topological polar surface area (TPSA) is 113 Å². The molecule has 0 radical (unpaired) electrons. The van der Waals surface area contributed by atoms with Crippen LogP contribution in [-0.4, -0.2) is 50.6 Å². The van der Waals surface area contributed by atoms with Gasteiger partial charge < -0.3 is 20.1 Å². The molecule has 3 aromatic rings. The molecule has 4 rings (SSSR count). The number of carboxylic acids is 1. The number of benzene rings is 3. The minimum absolute atomic E-state index is 0.0394. The molecule has 0 saturated heterocycles. The van der Waals surface area contributed by atoms with E-state index in [0.29, 0.717) is 17.1 Å². The van der Waals surface area contributed by atoms with Crippen LogP contribution in [0.15, 0.2) is 76.5 Å². The van der Waals surface area contributed by atoms with E-state index in [4.69, 9.17) is 4.74 Å². The molecule has 0 bridgehead atoms. The van der Waals surface area contributed by atoms with Crippen LogP contribution in [0.3, 0.4) is 0 Å². The highest BCUT2D eigenvalue weighted by Crippen LogP contribution is 2.47. The number of fused-ring (bicyclic) bond motifs is 1. The van der Waals surface area contributed by atoms with Crippen LogP contribution in [-0.2, 0) is 25.6 Å². The zero-order valence-corrected chi connectivity index (χ0v) is 28.8. The summed E-state index contributed by atoms with van der Waals surface area (Å²) < 4.78 is 73.3. The van der Waals surface area contributed by atoms with Crippen molar-refractivity contribution in [3.63, 3.8) is 0 Å². The quantitative estimate of drug-likeness (QED) is 0.162. The van der Waals surface area contributed by atoms with Gasteiger partial charge >= 0.3 is 12.1 Å². The van der Waals surface area contributed by atoms with Gasteiger partial charge in [0.1, 0.15) is 5.75 Å². The van der Waals surface area contributed by atoms with Gasteiger partial charge in [0.25, 0.3) is 5.91 Å². The first-order valence-electron chi connectivity index (χ1n) is 15.8. The SMILES string of the molecule is CCCCC1(CCCC)CN(c2ccccc2)c2cc(SC)c(OCC(=O)NC(C(=O)O)c3ccc(C(F)(F)F)cc3)cc2S(=O)(=O)C1. The van der Waals surface area contributed by atoms with Crippen molar-refractivity contribution in [1.29, 1.82) is 0 Å². The van der Waals surface area contributed by atoms with Crippen LogP contribution in [0, 0.1) is 5.41 Å². The number of anilines is 2. The Labute approximate surface area is 284 Å². The third-order valence-electron chi connectivity index (χ3n) is 8.53. The molecule has 3 aromatic carbocycles. The smallest absolute Gasteiger partial charge is 0.416 e. The van der Waals surface area contributed by atoms with Crippen LogP contribution in [0.1, 0.15) is 69.5 Å². The van der Waals surface area contributed by atoms with Crippen LogP contribution < -0.4 is 15.0 Å². The average Bonchev–Trinajstić information content (AvgIpc) is 3.15. The van der Waals surface area contributed by atoms with Crippen LogP contribution in [0.25, 0.3) is 0 Å². The third kappa shape index (κ3) is 8.84. The Morgan fingerprint density at radius 3 is 2.19 bits per heavy atom. The fourth-order valence-corrected chi connectivity index (χ4v) is 8.74. The van der Waals surface area contributed by atoms with Crippen molar-refractivity contribution in [2.75, 3.05) is 30.1 Å². The molecule has 1 aliphatic rings. The number of nitrogens with zero attached hydrogens (tertiary/aromatic N) is 1. The summed E-state index contributed by atoms with van der Waals surface area (Å²) in [7, 11) is -3.84. The predicted octanol–water partition coefficient (Wildman–Crippen LogP) is 8.04. The predicted molar refractivity (Wildman–Crippen MR) is 181 cm³/mol. The second-order valence-corrected chi connectivity index (χ2v) is 14.9. The molecule has 0 fully saturated rings. The number of ether oxygens (including phenoxy) is 1. The highest BCUT2D eigenvalue weighted by atomic mass is 32.2. The van der Waals surface area contributed by atoms with Crippen molar-refractivity contribution in [3.8, 4) is 5.75 Å². The minimum atomic E-state index is -4.60. The first-order chi connectivity index (χ1) is 22.7. The highest BCUT2D eigenvalue weighted by Gasteiger charge is 2.42. The Hall–Kier alpha value is -3.71. The molecule has 260 valence electrons. The number of sulfone groups is 1. The van der Waals surface area contributed by atoms with Crippen molar-refractivity contribution in [2.24, 2.45) is 5.41 Å². The lowest BCUT2D eigenvalue weighted by molar-refractivity contribution is -0.142. The van der Waals surface area contributed by atoms with Crippen molar-refractivity contribution in [1.82, 2.24) is 5.32 Å². The van der Waals surface area contributed by atoms with E-state index in [2.05, 4.69) is 24.1 Å². The summed E-state index contributed by atoms with van der Waals surface area (Å²) in [6, 6.07) is 14.7. The van der Waals surface area contributed by atoms with Crippen molar-refractivity contribution in [2.45, 2.75) is 74.4 Å². The summed E-state index contributed by atoms with van der Waals surface area (Å²) in [6.07, 6.45) is 2.35. The van der Waals surface area contributed by atoms with Gasteiger partial charge in [0, 0.05) is 23.7 Å². The Morgan fingerprint density at radius 2 is 1.65 bits per heavy atom. The normalized spacial score (nSPS) is 16.0. The van der Waals surface area contributed by atoms with Gasteiger partial charge in [0.05, 0.1) is 26.8 Å². The summed E-state index contributed by atoms with van der Waals surface area (Å²) in [5.41, 5.74) is -0.127. The standard InChI is InChI=1S/C35H41F3N2O6S2/c1-4-6-17-34(18-7-5-2)22-40(26-11-9-8-10-12-26)27-19-29(47-3)28(20-30(27)48(44,45)23-34)46-21-31(41)39-32(33(42)43)24-13-15-25(16-14-24)35(36,37)38/h8-16,19-20,32H,4-7,17-18,21-23H2,1-3H3,(H,39,41)(H,42,43). The number of amides is 1. The molecule has 13 heteroatoms. The zero-order chi connectivity index (χ0) is 35.1. The second kappa shape index (κ2) is 15.7. The van der Waals surface area contributed by atoms with Crippen LogP contribution in [0.2, 0.25) is 0 Å². The Balaban J connectivity index is 1.67. The van der Waals surface area contributed by atoms with E-state index in [9.17, 15) is 36.3 Å². The molecule has 0 aliphatic carbocycles. The summed E-state index contributed by atoms with van der Waals surface area (Å²) in [5.74, 6) is -2.22. The maximum atomic E-state index is 14.3. The first-order valence-corrected chi connectivity index (χ1v) is 18.7. The Bertz CT molecular complexity index is 1670. The number of thioether (sulfide) groups is 1. The van der Waals surface area contributed by atoms with E-state index in [1.807, 2.05) is 30.3 Å². The number of nitrogens with one attached hydrogen (secondary N) is 1. The summed E-state index contributed by atoms with van der Waals surface area (Å²) in [6.45, 7) is 4.04. The fraction of sp³-hybridized carbons (Fsp3) is 0.429. The van der Waals surface area contributed by atoms with Crippen molar-refractivity contribution >= 4 is 44.9 Å². The van der Waals surface area contributed by atoms with Gasteiger partial charge in [-0.15, -0.1) is 11.8 Å². The molecule has 1 heterocycles. The van der Waals surface area contributed by atoms with E-state index in [0.717, 1.165) is 68.5 Å². The zero-order valence-electron chi connectivity index (χ0n) is 27.2. The molecular formula is C35H41F3N2O6S2. The highest BCUT2D eigenvalue weighted by molar-refractivity contribution is 7.98. The van der Waals surface area contributed by atoms with Gasteiger partial charge in [-0.25, -0.2) is 13.2 Å². The molecule has 1 aliphatic heterocycles. The van der Waals surface area contributed by atoms with Gasteiger partial charge in [-0.2, -0.15) is 13.2 Å². The van der Waals surface area contributed by atoms with Crippen molar-refractivity contribution < 1.29 is 41.0 Å². The number of carboxylic acid groups (broad SMARTS) is 1. The molecule has 48 heavy (non-hydrogen) atoms. The van der Waals surface area contributed by atoms with Gasteiger partial charge in [-0.1, -0.05) is 69.9 Å². The van der Waals surface area contributed by atoms with Gasteiger partial charge in [-0.3, -0.25) is 4.79 Å². The van der Waals surface area contributed by atoms with Crippen molar-refractivity contribution in [3.05, 3.63) is 77.9 Å². The number of rotatable bonds is 14. The number of alkyl halides is 3. The number of unbranched alkanes of at least 4 members (excludes halogenated alkanes) is 2. The number of para-hydroxylation sites is 1. The van der Waals surface area contributed by atoms with E-state index in [1.165, 1.54) is 17.8 Å². The average molecular weight is 707 g/mol. The lowest BCUT2D eigenvalue weighted by Crippen LogP contribution is -2.38. The number of carbonyl (C=O) groups is 2. The molecule has 8 nitrogen and oxygen atoms in total. The van der Waals surface area contributed by atoms with Crippen LogP contribution in [0.4, 0.5) is 24.5 Å². The molecule has 0 saturated carbocycles. The molecule has 1 amide bonds. The van der Waals surface area contributed by atoms with Gasteiger partial charge in [0.15, 0.2) is 22.5 Å². The Kier molecular flexibility index (Phi) is 12.1. The van der Waals surface area contributed by atoms with Crippen LogP contribution in [0.5, 0.6) is 5.75 Å². The minimum Gasteiger partial charge on any atom is -0.483 e. The molecule has 1 unspecified atom stereocenters. The molecule has 0 aromatic heterocycles. The number of carbonyl (C=O) groups excluding carboxylic acids is 1.